The molecule has 0 aromatic rings. The van der Waals surface area contributed by atoms with Gasteiger partial charge in [0, 0.05) is 25.7 Å². The van der Waals surface area contributed by atoms with E-state index in [1.165, 1.54) is 38.5 Å². The molecule has 2 fully saturated rings. The maximum Gasteiger partial charge on any atom is 0.350 e. The number of carbonyl (C=O) groups is 2. The van der Waals surface area contributed by atoms with Gasteiger partial charge < -0.3 is 19.3 Å². The summed E-state index contributed by atoms with van der Waals surface area (Å²) in [7, 11) is 0. The van der Waals surface area contributed by atoms with Crippen molar-refractivity contribution in [3.63, 3.8) is 0 Å². The zero-order valence-corrected chi connectivity index (χ0v) is 28.0. The van der Waals surface area contributed by atoms with Gasteiger partial charge in [-0.15, -0.1) is 0 Å². The fourth-order valence-corrected chi connectivity index (χ4v) is 8.63. The maximum absolute atomic E-state index is 13.9. The fraction of sp³-hybridized carbons (Fsp3) is 0.861. The van der Waals surface area contributed by atoms with Crippen LogP contribution in [0.15, 0.2) is 12.2 Å². The van der Waals surface area contributed by atoms with E-state index < -0.39 is 17.4 Å². The van der Waals surface area contributed by atoms with E-state index in [1.54, 1.807) is 0 Å². The van der Waals surface area contributed by atoms with Crippen molar-refractivity contribution in [2.24, 2.45) is 5.92 Å². The molecule has 9 nitrogen and oxygen atoms in total. The number of guanidine groups is 1. The smallest absolute Gasteiger partial charge is 0.350 e. The van der Waals surface area contributed by atoms with Gasteiger partial charge in [-0.25, -0.2) is 10.6 Å². The lowest BCUT2D eigenvalue weighted by Crippen LogP contribution is -2.76. The largest absolute Gasteiger partial charge is 0.481 e. The summed E-state index contributed by atoms with van der Waals surface area (Å²) in [5, 5.41) is 16.3. The number of hydrogen-bond acceptors (Lipinski definition) is 7. The first kappa shape index (κ1) is 34.2. The van der Waals surface area contributed by atoms with Crippen LogP contribution in [0.25, 0.3) is 0 Å². The van der Waals surface area contributed by atoms with Crippen LogP contribution in [0.2, 0.25) is 0 Å². The molecule has 0 saturated carbocycles. The number of carboxylic acid groups (broad SMARTS) is 1. The van der Waals surface area contributed by atoms with E-state index in [9.17, 15) is 9.59 Å². The average molecular weight is 631 g/mol. The van der Waals surface area contributed by atoms with Crippen LogP contribution in [0, 0.1) is 5.92 Å². The number of carboxylic acids is 1. The maximum atomic E-state index is 13.9. The summed E-state index contributed by atoms with van der Waals surface area (Å²) in [4.78, 5) is 24.5. The number of aliphatic carboxylic acids is 1. The van der Waals surface area contributed by atoms with Crippen LogP contribution in [0.4, 0.5) is 0 Å². The average Bonchev–Trinajstić information content (AvgIpc) is 3.31. The summed E-state index contributed by atoms with van der Waals surface area (Å²) in [5.74, 6) is -0.157. The third-order valence-corrected chi connectivity index (χ3v) is 10.9. The van der Waals surface area contributed by atoms with Gasteiger partial charge in [-0.2, -0.15) is 0 Å². The minimum Gasteiger partial charge on any atom is -0.481 e. The number of nitrogens with one attached hydrogen (secondary N) is 2. The highest BCUT2D eigenvalue weighted by Crippen LogP contribution is 2.45. The van der Waals surface area contributed by atoms with Crippen molar-refractivity contribution >= 4 is 17.9 Å². The van der Waals surface area contributed by atoms with Gasteiger partial charge in [0.25, 0.3) is 0 Å². The highest BCUT2D eigenvalue weighted by molar-refractivity contribution is 5.82. The molecule has 0 radical (unpaired) electrons. The second-order valence-electron chi connectivity index (χ2n) is 14.4. The van der Waals surface area contributed by atoms with Gasteiger partial charge in [-0.3, -0.25) is 14.2 Å². The predicted molar refractivity (Wildman–Crippen MR) is 174 cm³/mol. The molecule has 254 valence electrons. The van der Waals surface area contributed by atoms with Crippen molar-refractivity contribution in [2.45, 2.75) is 184 Å². The molecule has 5 heterocycles. The first-order chi connectivity index (χ1) is 21.8. The van der Waals surface area contributed by atoms with Gasteiger partial charge in [-0.05, 0) is 58.3 Å². The molecule has 2 spiro atoms. The zero-order chi connectivity index (χ0) is 31.7. The van der Waals surface area contributed by atoms with Gasteiger partial charge in [0.2, 0.25) is 5.72 Å². The Bertz CT molecular complexity index is 1060. The van der Waals surface area contributed by atoms with Gasteiger partial charge in [-0.1, -0.05) is 76.9 Å². The number of carbonyl (C=O) groups excluding carboxylic acids is 1. The van der Waals surface area contributed by atoms with Crippen LogP contribution in [0.5, 0.6) is 0 Å². The SMILES string of the molecule is CC[C@H]1C=CCC[C@@]2(C[C@@H]3CC[C@@H]4[C@H](C(=O)OCCCCCCCCCCCCCC(=O)O)[C@]5(CCC[C@@H](C)O5)NC(=[N+]34)N2)O1. The third kappa shape index (κ3) is 8.62. The highest BCUT2D eigenvalue weighted by atomic mass is 16.6. The first-order valence-electron chi connectivity index (χ1n) is 18.5. The number of ether oxygens (including phenoxy) is 3. The molecule has 3 N–H and O–H groups in total. The van der Waals surface area contributed by atoms with Crippen LogP contribution in [0.1, 0.15) is 149 Å². The molecular formula is C36H60N3O6+. The summed E-state index contributed by atoms with van der Waals surface area (Å²) >= 11 is 0. The van der Waals surface area contributed by atoms with Crippen LogP contribution in [-0.4, -0.2) is 69.9 Å². The van der Waals surface area contributed by atoms with E-state index >= 15 is 0 Å². The van der Waals surface area contributed by atoms with E-state index in [0.29, 0.717) is 19.1 Å². The molecule has 7 atom stereocenters. The lowest BCUT2D eigenvalue weighted by atomic mass is 9.80. The number of nitrogens with zero attached hydrogens (tertiary/aromatic N) is 1. The molecular weight excluding hydrogens is 570 g/mol. The Morgan fingerprint density at radius 2 is 1.67 bits per heavy atom. The summed E-state index contributed by atoms with van der Waals surface area (Å²) in [6, 6.07) is 0.400. The lowest BCUT2D eigenvalue weighted by Gasteiger charge is -2.50. The van der Waals surface area contributed by atoms with Crippen molar-refractivity contribution in [1.82, 2.24) is 10.6 Å². The summed E-state index contributed by atoms with van der Waals surface area (Å²) in [6.07, 6.45) is 25.9. The highest BCUT2D eigenvalue weighted by Gasteiger charge is 2.64. The number of unbranched alkanes of at least 4 members (excludes halogenated alkanes) is 10. The quantitative estimate of drug-likeness (QED) is 0.0764. The molecule has 2 saturated heterocycles. The minimum atomic E-state index is -0.755. The van der Waals surface area contributed by atoms with Crippen molar-refractivity contribution < 1.29 is 33.5 Å². The Kier molecular flexibility index (Phi) is 12.3. The van der Waals surface area contributed by atoms with E-state index in [-0.39, 0.29) is 30.1 Å². The van der Waals surface area contributed by atoms with Crippen molar-refractivity contribution in [3.05, 3.63) is 12.2 Å². The van der Waals surface area contributed by atoms with Gasteiger partial charge in [0.05, 0.1) is 30.9 Å². The molecule has 9 heteroatoms. The van der Waals surface area contributed by atoms with Crippen LogP contribution in [-0.2, 0) is 23.8 Å². The van der Waals surface area contributed by atoms with E-state index in [0.717, 1.165) is 95.9 Å². The number of esters is 1. The van der Waals surface area contributed by atoms with Gasteiger partial charge in [0.15, 0.2) is 11.6 Å². The second kappa shape index (κ2) is 16.1. The Morgan fingerprint density at radius 1 is 0.956 bits per heavy atom. The fourth-order valence-electron chi connectivity index (χ4n) is 8.63. The zero-order valence-electron chi connectivity index (χ0n) is 28.0. The van der Waals surface area contributed by atoms with Gasteiger partial charge in [0.1, 0.15) is 0 Å². The van der Waals surface area contributed by atoms with Crippen LogP contribution in [0.3, 0.4) is 0 Å². The van der Waals surface area contributed by atoms with E-state index in [2.05, 4.69) is 41.2 Å². The van der Waals surface area contributed by atoms with Crippen molar-refractivity contribution in [2.75, 3.05) is 6.61 Å². The molecule has 5 rings (SSSR count). The minimum absolute atomic E-state index is 0.0666. The number of allylic oxidation sites excluding steroid dienone is 1. The summed E-state index contributed by atoms with van der Waals surface area (Å²) < 4.78 is 22.0. The molecule has 45 heavy (non-hydrogen) atoms. The molecule has 0 aliphatic carbocycles. The number of rotatable bonds is 16. The van der Waals surface area contributed by atoms with E-state index in [4.69, 9.17) is 19.3 Å². The molecule has 0 unspecified atom stereocenters. The normalized spacial score (nSPS) is 33.9. The van der Waals surface area contributed by atoms with Crippen molar-refractivity contribution in [1.29, 1.82) is 0 Å². The van der Waals surface area contributed by atoms with Crippen LogP contribution < -0.4 is 10.6 Å². The van der Waals surface area contributed by atoms with Crippen LogP contribution >= 0.6 is 0 Å². The topological polar surface area (TPSA) is 109 Å². The second-order valence-corrected chi connectivity index (χ2v) is 14.4. The van der Waals surface area contributed by atoms with Crippen molar-refractivity contribution in [3.8, 4) is 0 Å². The monoisotopic (exact) mass is 630 g/mol. The standard InChI is InChI=1S/C36H59N3O6/c1-3-29-19-14-15-23-35(45-29)26-28-21-22-30-32(36(24-17-18-27(2)44-36)38-34(37-35)39(28)30)33(42)43-25-16-12-10-8-6-4-5-7-9-11-13-20-31(40)41/h14,19,27-30,32H,3-13,15-18,20-26H2,1-2H3,(H2,37,38,40,41)/p+1/t27-,28+,29+,30-,32-,35+,36-/m1/s1. The molecule has 0 bridgehead atoms. The third-order valence-electron chi connectivity index (χ3n) is 10.9. The Hall–Kier alpha value is -2.13. The lowest BCUT2D eigenvalue weighted by molar-refractivity contribution is -0.609. The van der Waals surface area contributed by atoms with Gasteiger partial charge >= 0.3 is 17.9 Å². The summed E-state index contributed by atoms with van der Waals surface area (Å²) in [5.41, 5.74) is -1.16. The summed E-state index contributed by atoms with van der Waals surface area (Å²) in [6.45, 7) is 4.79. The Morgan fingerprint density at radius 3 is 2.36 bits per heavy atom. The first-order valence-corrected chi connectivity index (χ1v) is 18.5. The molecule has 0 amide bonds. The molecule has 0 aromatic carbocycles. The Labute approximate surface area is 270 Å². The Balaban J connectivity index is 1.11. The molecule has 0 aromatic heterocycles. The van der Waals surface area contributed by atoms with E-state index in [1.807, 2.05) is 0 Å². The molecule has 5 aliphatic heterocycles. The number of hydrogen-bond donors (Lipinski definition) is 3. The molecule has 5 aliphatic rings. The predicted octanol–water partition coefficient (Wildman–Crippen LogP) is 6.53.